The zero-order valence-electron chi connectivity index (χ0n) is 12.5. The van der Waals surface area contributed by atoms with Crippen molar-refractivity contribution in [3.8, 4) is 0 Å². The Labute approximate surface area is 124 Å². The largest absolute Gasteiger partial charge is 0.345 e. The van der Waals surface area contributed by atoms with Gasteiger partial charge >= 0.3 is 0 Å². The van der Waals surface area contributed by atoms with Crippen LogP contribution >= 0.6 is 0 Å². The topological polar surface area (TPSA) is 124 Å². The van der Waals surface area contributed by atoms with E-state index in [0.717, 1.165) is 19.4 Å². The molecule has 1 heterocycles. The van der Waals surface area contributed by atoms with E-state index in [1.165, 1.54) is 5.48 Å². The fourth-order valence-corrected chi connectivity index (χ4v) is 2.32. The Kier molecular flexibility index (Phi) is 7.10. The third-order valence-electron chi connectivity index (χ3n) is 3.40. The van der Waals surface area contributed by atoms with Gasteiger partial charge in [0.1, 0.15) is 6.04 Å². The fourth-order valence-electron chi connectivity index (χ4n) is 2.32. The van der Waals surface area contributed by atoms with Gasteiger partial charge in [-0.3, -0.25) is 19.6 Å². The molecule has 2 atom stereocenters. The number of carbonyl (C=O) groups excluding carboxylic acids is 3. The van der Waals surface area contributed by atoms with Gasteiger partial charge in [0.2, 0.25) is 5.91 Å². The first kappa shape index (κ1) is 17.4. The molecule has 0 spiro atoms. The molecule has 8 nitrogen and oxygen atoms in total. The number of hydrogen-bond donors (Lipinski definition) is 5. The first-order valence-corrected chi connectivity index (χ1v) is 7.28. The van der Waals surface area contributed by atoms with Crippen molar-refractivity contribution in [3.63, 3.8) is 0 Å². The maximum absolute atomic E-state index is 12.1. The van der Waals surface area contributed by atoms with Gasteiger partial charge in [-0.25, -0.2) is 5.48 Å². The number of hydrogen-bond acceptors (Lipinski definition) is 4. The highest BCUT2D eigenvalue weighted by Gasteiger charge is 2.30. The summed E-state index contributed by atoms with van der Waals surface area (Å²) < 4.78 is 0. The second-order valence-electron chi connectivity index (χ2n) is 5.72. The lowest BCUT2D eigenvalue weighted by molar-refractivity contribution is -0.657. The number of amides is 3. The van der Waals surface area contributed by atoms with Crippen molar-refractivity contribution in [1.29, 1.82) is 0 Å². The zero-order chi connectivity index (χ0) is 15.8. The van der Waals surface area contributed by atoms with Crippen LogP contribution in [0.25, 0.3) is 0 Å². The minimum atomic E-state index is -0.706. The summed E-state index contributed by atoms with van der Waals surface area (Å²) >= 11 is 0. The van der Waals surface area contributed by atoms with Crippen LogP contribution in [0.15, 0.2) is 0 Å². The Balaban J connectivity index is 2.55. The van der Waals surface area contributed by atoms with Gasteiger partial charge in [-0.05, 0) is 12.3 Å². The van der Waals surface area contributed by atoms with Crippen LogP contribution in [-0.4, -0.2) is 48.1 Å². The summed E-state index contributed by atoms with van der Waals surface area (Å²) in [5, 5.41) is 15.5. The molecule has 1 fully saturated rings. The zero-order valence-corrected chi connectivity index (χ0v) is 12.5. The molecule has 8 heteroatoms. The number of nitrogens with one attached hydrogen (secondary N) is 3. The van der Waals surface area contributed by atoms with Crippen LogP contribution in [-0.2, 0) is 14.4 Å². The Hall–Kier alpha value is -1.67. The second kappa shape index (κ2) is 8.58. The standard InChI is InChI=1S/C13H24N4O4/c1-8(2)6-10(12(19)15-7-11(18)17-21)16-13(20)9-4-3-5-14-9/h8-10,14,21H,3-7H2,1-2H3,(H,15,19)(H,16,20)(H,17,18)/p+1/t9-,10-/m0/s1. The van der Waals surface area contributed by atoms with Gasteiger partial charge in [0.05, 0.1) is 13.1 Å². The second-order valence-corrected chi connectivity index (χ2v) is 5.72. The predicted molar refractivity (Wildman–Crippen MR) is 74.1 cm³/mol. The average molecular weight is 301 g/mol. The van der Waals surface area contributed by atoms with Crippen molar-refractivity contribution >= 4 is 17.7 Å². The van der Waals surface area contributed by atoms with Crippen molar-refractivity contribution in [2.45, 2.75) is 45.2 Å². The molecule has 1 saturated heterocycles. The molecular weight excluding hydrogens is 276 g/mol. The minimum absolute atomic E-state index is 0.131. The number of nitrogens with two attached hydrogens (primary N) is 1. The molecule has 0 aromatic heterocycles. The van der Waals surface area contributed by atoms with Gasteiger partial charge in [0.25, 0.3) is 11.8 Å². The third-order valence-corrected chi connectivity index (χ3v) is 3.40. The highest BCUT2D eigenvalue weighted by atomic mass is 16.5. The van der Waals surface area contributed by atoms with Crippen LogP contribution in [0.2, 0.25) is 0 Å². The molecule has 3 amide bonds. The van der Waals surface area contributed by atoms with Gasteiger partial charge in [-0.2, -0.15) is 0 Å². The summed E-state index contributed by atoms with van der Waals surface area (Å²) in [6.07, 6.45) is 2.30. The normalized spacial score (nSPS) is 19.1. The highest BCUT2D eigenvalue weighted by Crippen LogP contribution is 2.06. The van der Waals surface area contributed by atoms with E-state index in [1.807, 2.05) is 19.2 Å². The first-order valence-electron chi connectivity index (χ1n) is 7.28. The lowest BCUT2D eigenvalue weighted by Gasteiger charge is -2.21. The molecule has 1 aliphatic rings. The summed E-state index contributed by atoms with van der Waals surface area (Å²) in [7, 11) is 0. The van der Waals surface area contributed by atoms with E-state index < -0.39 is 17.9 Å². The Morgan fingerprint density at radius 1 is 1.33 bits per heavy atom. The smallest absolute Gasteiger partial charge is 0.278 e. The molecule has 0 saturated carbocycles. The molecule has 6 N–H and O–H groups in total. The fraction of sp³-hybridized carbons (Fsp3) is 0.769. The van der Waals surface area contributed by atoms with Gasteiger partial charge < -0.3 is 16.0 Å². The van der Waals surface area contributed by atoms with Gasteiger partial charge in [0, 0.05) is 12.8 Å². The summed E-state index contributed by atoms with van der Waals surface area (Å²) in [5.41, 5.74) is 1.44. The molecular formula is C13H25N4O4+. The molecule has 0 aliphatic carbocycles. The van der Waals surface area contributed by atoms with E-state index in [-0.39, 0.29) is 24.4 Å². The first-order chi connectivity index (χ1) is 9.93. The van der Waals surface area contributed by atoms with Crippen molar-refractivity contribution in [2.75, 3.05) is 13.1 Å². The molecule has 0 aromatic rings. The molecule has 0 unspecified atom stereocenters. The van der Waals surface area contributed by atoms with Crippen LogP contribution in [0.4, 0.5) is 0 Å². The Morgan fingerprint density at radius 3 is 2.57 bits per heavy atom. The molecule has 0 aromatic carbocycles. The van der Waals surface area contributed by atoms with Crippen LogP contribution in [0.1, 0.15) is 33.1 Å². The summed E-state index contributed by atoms with van der Waals surface area (Å²) in [6.45, 7) is 4.51. The summed E-state index contributed by atoms with van der Waals surface area (Å²) in [6, 6.07) is -0.800. The molecule has 0 bridgehead atoms. The highest BCUT2D eigenvalue weighted by molar-refractivity contribution is 5.91. The van der Waals surface area contributed by atoms with Crippen molar-refractivity contribution in [1.82, 2.24) is 16.1 Å². The SMILES string of the molecule is CC(C)C[C@H](NC(=O)[C@@H]1CCC[NH2+]1)C(=O)NCC(=O)NO. The monoisotopic (exact) mass is 301 g/mol. The average Bonchev–Trinajstić information content (AvgIpc) is 2.97. The van der Waals surface area contributed by atoms with Gasteiger partial charge in [-0.15, -0.1) is 0 Å². The third kappa shape index (κ3) is 6.09. The van der Waals surface area contributed by atoms with Crippen LogP contribution in [0.5, 0.6) is 0 Å². The molecule has 120 valence electrons. The van der Waals surface area contributed by atoms with E-state index in [0.29, 0.717) is 6.42 Å². The van der Waals surface area contributed by atoms with Crippen molar-refractivity contribution in [2.24, 2.45) is 5.92 Å². The summed E-state index contributed by atoms with van der Waals surface area (Å²) in [4.78, 5) is 35.1. The van der Waals surface area contributed by atoms with E-state index in [2.05, 4.69) is 10.6 Å². The maximum atomic E-state index is 12.1. The lowest BCUT2D eigenvalue weighted by atomic mass is 10.0. The van der Waals surface area contributed by atoms with E-state index in [1.54, 1.807) is 0 Å². The lowest BCUT2D eigenvalue weighted by Crippen LogP contribution is -2.89. The Morgan fingerprint density at radius 2 is 2.05 bits per heavy atom. The van der Waals surface area contributed by atoms with Crippen molar-refractivity contribution in [3.05, 3.63) is 0 Å². The quantitative estimate of drug-likeness (QED) is 0.272. The summed E-state index contributed by atoms with van der Waals surface area (Å²) in [5.74, 6) is -1.04. The number of carbonyl (C=O) groups is 3. The van der Waals surface area contributed by atoms with E-state index >= 15 is 0 Å². The van der Waals surface area contributed by atoms with E-state index in [4.69, 9.17) is 5.21 Å². The molecule has 1 aliphatic heterocycles. The van der Waals surface area contributed by atoms with Crippen LogP contribution in [0.3, 0.4) is 0 Å². The van der Waals surface area contributed by atoms with Gasteiger partial charge in [-0.1, -0.05) is 13.8 Å². The predicted octanol–water partition coefficient (Wildman–Crippen LogP) is -2.14. The number of hydroxylamine groups is 1. The molecule has 21 heavy (non-hydrogen) atoms. The van der Waals surface area contributed by atoms with E-state index in [9.17, 15) is 14.4 Å². The van der Waals surface area contributed by atoms with Crippen molar-refractivity contribution < 1.29 is 24.9 Å². The van der Waals surface area contributed by atoms with Crippen LogP contribution in [0, 0.1) is 5.92 Å². The maximum Gasteiger partial charge on any atom is 0.278 e. The number of rotatable bonds is 7. The van der Waals surface area contributed by atoms with Crippen LogP contribution < -0.4 is 21.4 Å². The molecule has 0 radical (unpaired) electrons. The van der Waals surface area contributed by atoms with Gasteiger partial charge in [0.15, 0.2) is 6.04 Å². The Bertz CT molecular complexity index is 380. The number of quaternary nitrogens is 1. The minimum Gasteiger partial charge on any atom is -0.345 e. The molecule has 1 rings (SSSR count).